The molecule has 1 aromatic carbocycles. The smallest absolute Gasteiger partial charge is 0.332 e. The number of hydrogen-bond donors (Lipinski definition) is 0. The van der Waals surface area contributed by atoms with E-state index in [1.165, 1.54) is 0 Å². The van der Waals surface area contributed by atoms with Crippen molar-refractivity contribution in [2.45, 2.75) is 26.8 Å². The molecule has 1 atom stereocenters. The normalized spacial score (nSPS) is 12.7. The van der Waals surface area contributed by atoms with Crippen LogP contribution in [0.25, 0.3) is 0 Å². The molecule has 0 bridgehead atoms. The summed E-state index contributed by atoms with van der Waals surface area (Å²) in [6.07, 6.45) is 0. The Labute approximate surface area is 106 Å². The van der Waals surface area contributed by atoms with Crippen LogP contribution in [0.4, 0.5) is 5.69 Å². The largest absolute Gasteiger partial charge is 0.464 e. The van der Waals surface area contributed by atoms with E-state index >= 15 is 0 Å². The summed E-state index contributed by atoms with van der Waals surface area (Å²) < 4.78 is 4.83. The molecule has 0 aromatic heterocycles. The predicted octanol–water partition coefficient (Wildman–Crippen LogP) is 3.68. The molecule has 1 aromatic rings. The number of nitrogens with zero attached hydrogens (tertiary/aromatic N) is 2. The topological polar surface area (TPSA) is 51.0 Å². The van der Waals surface area contributed by atoms with Gasteiger partial charge >= 0.3 is 5.97 Å². The number of aryl methyl sites for hydroxylation is 1. The number of esters is 1. The summed E-state index contributed by atoms with van der Waals surface area (Å²) >= 11 is 5.82. The molecule has 0 spiro atoms. The molecule has 92 valence electrons. The highest BCUT2D eigenvalue weighted by Gasteiger charge is 2.12. The lowest BCUT2D eigenvalue weighted by Crippen LogP contribution is -2.17. The molecule has 0 aliphatic heterocycles. The van der Waals surface area contributed by atoms with Crippen molar-refractivity contribution < 1.29 is 9.53 Å². The molecule has 1 unspecified atom stereocenters. The van der Waals surface area contributed by atoms with Crippen LogP contribution in [0.5, 0.6) is 0 Å². The van der Waals surface area contributed by atoms with Gasteiger partial charge in [0, 0.05) is 5.02 Å². The fourth-order valence-corrected chi connectivity index (χ4v) is 1.42. The van der Waals surface area contributed by atoms with Gasteiger partial charge in [-0.2, -0.15) is 10.2 Å². The number of carbonyl (C=O) groups excluding carboxylic acids is 1. The molecular formula is C12H15ClN2O2. The second kappa shape index (κ2) is 6.35. The Morgan fingerprint density at radius 1 is 1.53 bits per heavy atom. The fourth-order valence-electron chi connectivity index (χ4n) is 1.19. The van der Waals surface area contributed by atoms with Gasteiger partial charge in [0.25, 0.3) is 0 Å². The van der Waals surface area contributed by atoms with E-state index in [2.05, 4.69) is 10.2 Å². The summed E-state index contributed by atoms with van der Waals surface area (Å²) in [4.78, 5) is 11.3. The lowest BCUT2D eigenvalue weighted by atomic mass is 10.2. The minimum Gasteiger partial charge on any atom is -0.464 e. The van der Waals surface area contributed by atoms with Crippen LogP contribution in [0.3, 0.4) is 0 Å². The second-order valence-electron chi connectivity index (χ2n) is 3.57. The van der Waals surface area contributed by atoms with E-state index in [0.717, 1.165) is 5.56 Å². The molecule has 0 heterocycles. The average molecular weight is 255 g/mol. The molecule has 0 fully saturated rings. The van der Waals surface area contributed by atoms with Crippen molar-refractivity contribution in [3.05, 3.63) is 28.8 Å². The van der Waals surface area contributed by atoms with Crippen LogP contribution >= 0.6 is 11.6 Å². The van der Waals surface area contributed by atoms with E-state index in [9.17, 15) is 4.79 Å². The molecular weight excluding hydrogens is 240 g/mol. The van der Waals surface area contributed by atoms with Gasteiger partial charge in [-0.3, -0.25) is 0 Å². The van der Waals surface area contributed by atoms with E-state index in [1.54, 1.807) is 32.0 Å². The van der Waals surface area contributed by atoms with Crippen molar-refractivity contribution >= 4 is 23.3 Å². The highest BCUT2D eigenvalue weighted by molar-refractivity contribution is 6.30. The molecule has 17 heavy (non-hydrogen) atoms. The molecule has 5 heteroatoms. The van der Waals surface area contributed by atoms with Gasteiger partial charge in [0.2, 0.25) is 0 Å². The lowest BCUT2D eigenvalue weighted by molar-refractivity contribution is -0.144. The Balaban J connectivity index is 2.73. The molecule has 0 aliphatic carbocycles. The summed E-state index contributed by atoms with van der Waals surface area (Å²) in [5.41, 5.74) is 1.61. The molecule has 0 radical (unpaired) electrons. The van der Waals surface area contributed by atoms with Gasteiger partial charge in [-0.1, -0.05) is 11.6 Å². The Kier molecular flexibility index (Phi) is 5.10. The number of carbonyl (C=O) groups is 1. The zero-order chi connectivity index (χ0) is 12.8. The van der Waals surface area contributed by atoms with Gasteiger partial charge in [-0.15, -0.1) is 0 Å². The van der Waals surface area contributed by atoms with Crippen molar-refractivity contribution in [3.8, 4) is 0 Å². The zero-order valence-electron chi connectivity index (χ0n) is 10.1. The van der Waals surface area contributed by atoms with Crippen molar-refractivity contribution in [2.75, 3.05) is 6.61 Å². The lowest BCUT2D eigenvalue weighted by Gasteiger charge is -2.04. The minimum atomic E-state index is -0.593. The third kappa shape index (κ3) is 4.15. The van der Waals surface area contributed by atoms with E-state index in [1.807, 2.05) is 6.92 Å². The summed E-state index contributed by atoms with van der Waals surface area (Å²) in [5, 5.41) is 8.58. The number of ether oxygens (including phenoxy) is 1. The van der Waals surface area contributed by atoms with Crippen molar-refractivity contribution in [2.24, 2.45) is 10.2 Å². The Morgan fingerprint density at radius 3 is 2.82 bits per heavy atom. The SMILES string of the molecule is CCOC(=O)C(C)N=Nc1ccc(Cl)cc1C. The average Bonchev–Trinajstić information content (AvgIpc) is 2.27. The number of halogens is 1. The molecule has 0 N–H and O–H groups in total. The number of benzene rings is 1. The first kappa shape index (κ1) is 13.6. The number of rotatable bonds is 4. The minimum absolute atomic E-state index is 0.346. The maximum absolute atomic E-state index is 11.3. The first-order valence-electron chi connectivity index (χ1n) is 5.38. The summed E-state index contributed by atoms with van der Waals surface area (Å²) in [5.74, 6) is -0.372. The van der Waals surface area contributed by atoms with Gasteiger partial charge in [-0.25, -0.2) is 4.79 Å². The van der Waals surface area contributed by atoms with E-state index < -0.39 is 6.04 Å². The highest BCUT2D eigenvalue weighted by atomic mass is 35.5. The first-order valence-corrected chi connectivity index (χ1v) is 5.76. The van der Waals surface area contributed by atoms with E-state index in [4.69, 9.17) is 16.3 Å². The zero-order valence-corrected chi connectivity index (χ0v) is 10.9. The van der Waals surface area contributed by atoms with Gasteiger partial charge in [-0.05, 0) is 44.5 Å². The summed E-state index contributed by atoms with van der Waals surface area (Å²) in [6.45, 7) is 5.63. The van der Waals surface area contributed by atoms with E-state index in [-0.39, 0.29) is 5.97 Å². The Morgan fingerprint density at radius 2 is 2.24 bits per heavy atom. The highest BCUT2D eigenvalue weighted by Crippen LogP contribution is 2.22. The maximum atomic E-state index is 11.3. The van der Waals surface area contributed by atoms with Gasteiger partial charge < -0.3 is 4.74 Å². The summed E-state index contributed by atoms with van der Waals surface area (Å²) in [7, 11) is 0. The van der Waals surface area contributed by atoms with Crippen LogP contribution in [0.15, 0.2) is 28.4 Å². The Hall–Kier alpha value is -1.42. The quantitative estimate of drug-likeness (QED) is 0.608. The van der Waals surface area contributed by atoms with Crippen LogP contribution in [0.1, 0.15) is 19.4 Å². The van der Waals surface area contributed by atoms with Crippen LogP contribution in [-0.2, 0) is 9.53 Å². The van der Waals surface area contributed by atoms with Crippen LogP contribution in [-0.4, -0.2) is 18.6 Å². The molecule has 4 nitrogen and oxygen atoms in total. The van der Waals surface area contributed by atoms with Gasteiger partial charge in [0.1, 0.15) is 0 Å². The van der Waals surface area contributed by atoms with Crippen molar-refractivity contribution in [1.29, 1.82) is 0 Å². The predicted molar refractivity (Wildman–Crippen MR) is 66.8 cm³/mol. The third-order valence-corrected chi connectivity index (χ3v) is 2.36. The first-order chi connectivity index (χ1) is 8.04. The van der Waals surface area contributed by atoms with Crippen molar-refractivity contribution in [3.63, 3.8) is 0 Å². The van der Waals surface area contributed by atoms with Gasteiger partial charge in [0.05, 0.1) is 12.3 Å². The molecule has 0 saturated carbocycles. The van der Waals surface area contributed by atoms with Gasteiger partial charge in [0.15, 0.2) is 6.04 Å². The molecule has 0 amide bonds. The van der Waals surface area contributed by atoms with Crippen LogP contribution in [0, 0.1) is 6.92 Å². The standard InChI is InChI=1S/C12H15ClN2O2/c1-4-17-12(16)9(3)14-15-11-6-5-10(13)7-8(11)2/h5-7,9H,4H2,1-3H3. The monoisotopic (exact) mass is 254 g/mol. The van der Waals surface area contributed by atoms with Crippen LogP contribution < -0.4 is 0 Å². The molecule has 0 aliphatic rings. The Bertz CT molecular complexity index is 433. The third-order valence-electron chi connectivity index (χ3n) is 2.13. The van der Waals surface area contributed by atoms with E-state index in [0.29, 0.717) is 17.3 Å². The van der Waals surface area contributed by atoms with Crippen molar-refractivity contribution in [1.82, 2.24) is 0 Å². The van der Waals surface area contributed by atoms with Crippen LogP contribution in [0.2, 0.25) is 5.02 Å². The number of hydrogen-bond acceptors (Lipinski definition) is 4. The fraction of sp³-hybridized carbons (Fsp3) is 0.417. The maximum Gasteiger partial charge on any atom is 0.332 e. The molecule has 1 rings (SSSR count). The second-order valence-corrected chi connectivity index (χ2v) is 4.01. The molecule has 0 saturated heterocycles. The summed E-state index contributed by atoms with van der Waals surface area (Å²) in [6, 6.07) is 4.70. The number of azo groups is 1.